The lowest BCUT2D eigenvalue weighted by atomic mass is 10.0. The average molecular weight is 242 g/mol. The van der Waals surface area contributed by atoms with Crippen LogP contribution in [0.1, 0.15) is 37.3 Å². The summed E-state index contributed by atoms with van der Waals surface area (Å²) in [7, 11) is -3.44. The zero-order chi connectivity index (χ0) is 11.8. The van der Waals surface area contributed by atoms with E-state index in [9.17, 15) is 13.2 Å². The predicted octanol–water partition coefficient (Wildman–Crippen LogP) is 0.831. The highest BCUT2D eigenvalue weighted by Gasteiger charge is 2.21. The molecule has 0 radical (unpaired) electrons. The number of H-pyrrole nitrogens is 1. The minimum Gasteiger partial charge on any atom is -0.297 e. The van der Waals surface area contributed by atoms with Gasteiger partial charge < -0.3 is 0 Å². The minimum atomic E-state index is -3.44. The van der Waals surface area contributed by atoms with Gasteiger partial charge >= 0.3 is 0 Å². The van der Waals surface area contributed by atoms with Gasteiger partial charge in [-0.25, -0.2) is 13.4 Å². The number of nitrogens with zero attached hydrogens (tertiary/aromatic N) is 1. The van der Waals surface area contributed by atoms with E-state index in [0.717, 1.165) is 31.9 Å². The van der Waals surface area contributed by atoms with Gasteiger partial charge in [-0.2, -0.15) is 0 Å². The molecule has 88 valence electrons. The Labute approximate surface area is 93.8 Å². The van der Waals surface area contributed by atoms with Gasteiger partial charge in [0.25, 0.3) is 5.56 Å². The highest BCUT2D eigenvalue weighted by molar-refractivity contribution is 7.90. The van der Waals surface area contributed by atoms with Crippen molar-refractivity contribution < 1.29 is 8.42 Å². The Balaban J connectivity index is 2.47. The van der Waals surface area contributed by atoms with Crippen LogP contribution in [0.25, 0.3) is 0 Å². The van der Waals surface area contributed by atoms with Gasteiger partial charge in [-0.3, -0.25) is 9.78 Å². The normalized spacial score (nSPS) is 17.8. The fraction of sp³-hybridized carbons (Fsp3) is 0.600. The Kier molecular flexibility index (Phi) is 2.84. The number of rotatable bonds is 2. The Bertz CT molecular complexity index is 541. The van der Waals surface area contributed by atoms with E-state index < -0.39 is 15.4 Å². The number of sulfone groups is 1. The lowest BCUT2D eigenvalue weighted by Gasteiger charge is -2.08. The van der Waals surface area contributed by atoms with E-state index in [4.69, 9.17) is 0 Å². The topological polar surface area (TPSA) is 79.9 Å². The molecule has 0 atom stereocenters. The van der Waals surface area contributed by atoms with Crippen molar-refractivity contribution in [2.24, 2.45) is 0 Å². The molecule has 0 spiro atoms. The van der Waals surface area contributed by atoms with E-state index in [-0.39, 0.29) is 11.1 Å². The number of hydrogen-bond donors (Lipinski definition) is 1. The van der Waals surface area contributed by atoms with E-state index in [1.807, 2.05) is 0 Å². The van der Waals surface area contributed by atoms with Crippen LogP contribution in [0.4, 0.5) is 0 Å². The molecule has 1 aromatic rings. The second kappa shape index (κ2) is 4.01. The zero-order valence-corrected chi connectivity index (χ0v) is 9.88. The van der Waals surface area contributed by atoms with Gasteiger partial charge in [0.15, 0.2) is 0 Å². The second-order valence-corrected chi connectivity index (χ2v) is 6.16. The summed E-state index contributed by atoms with van der Waals surface area (Å²) >= 11 is 0. The first-order valence-corrected chi connectivity index (χ1v) is 7.17. The molecule has 1 saturated carbocycles. The fourth-order valence-electron chi connectivity index (χ4n) is 2.06. The van der Waals surface area contributed by atoms with Crippen molar-refractivity contribution in [3.63, 3.8) is 0 Å². The number of aromatic nitrogens is 2. The van der Waals surface area contributed by atoms with E-state index >= 15 is 0 Å². The molecule has 0 saturated heterocycles. The highest BCUT2D eigenvalue weighted by atomic mass is 32.2. The van der Waals surface area contributed by atoms with Crippen LogP contribution in [0, 0.1) is 0 Å². The molecule has 0 aromatic carbocycles. The van der Waals surface area contributed by atoms with E-state index in [0.29, 0.717) is 5.69 Å². The summed E-state index contributed by atoms with van der Waals surface area (Å²) in [6, 6.07) is 1.41. The van der Waals surface area contributed by atoms with Crippen LogP contribution in [0.3, 0.4) is 0 Å². The summed E-state index contributed by atoms with van der Waals surface area (Å²) in [5.74, 6) is 0.239. The van der Waals surface area contributed by atoms with E-state index in [1.54, 1.807) is 0 Å². The average Bonchev–Trinajstić information content (AvgIpc) is 2.68. The first-order chi connectivity index (χ1) is 7.47. The number of nitrogens with one attached hydrogen (secondary N) is 1. The molecule has 1 aliphatic carbocycles. The molecule has 5 nitrogen and oxygen atoms in total. The lowest BCUT2D eigenvalue weighted by molar-refractivity contribution is 0.587. The van der Waals surface area contributed by atoms with Gasteiger partial charge in [0, 0.05) is 18.2 Å². The minimum absolute atomic E-state index is 0.220. The number of hydrogen-bond acceptors (Lipinski definition) is 4. The van der Waals surface area contributed by atoms with Crippen LogP contribution in [-0.2, 0) is 9.84 Å². The third-order valence-corrected chi connectivity index (χ3v) is 3.76. The van der Waals surface area contributed by atoms with Gasteiger partial charge in [-0.05, 0) is 12.8 Å². The Hall–Kier alpha value is -1.17. The molecule has 16 heavy (non-hydrogen) atoms. The van der Waals surface area contributed by atoms with Crippen molar-refractivity contribution in [3.8, 4) is 0 Å². The molecule has 6 heteroatoms. The van der Waals surface area contributed by atoms with Gasteiger partial charge in [0.2, 0.25) is 15.0 Å². The smallest absolute Gasteiger partial charge is 0.251 e. The molecule has 0 aliphatic heterocycles. The van der Waals surface area contributed by atoms with Gasteiger partial charge in [0.05, 0.1) is 5.69 Å². The monoisotopic (exact) mass is 242 g/mol. The van der Waals surface area contributed by atoms with Crippen LogP contribution in [-0.4, -0.2) is 24.6 Å². The van der Waals surface area contributed by atoms with Crippen LogP contribution >= 0.6 is 0 Å². The summed E-state index contributed by atoms with van der Waals surface area (Å²) in [6.07, 6.45) is 5.25. The Morgan fingerprint density at radius 1 is 1.38 bits per heavy atom. The molecule has 0 unspecified atom stereocenters. The third-order valence-electron chi connectivity index (χ3n) is 2.86. The van der Waals surface area contributed by atoms with Gasteiger partial charge in [-0.1, -0.05) is 12.8 Å². The maximum absolute atomic E-state index is 11.4. The molecular formula is C10H14N2O3S. The maximum Gasteiger partial charge on any atom is 0.251 e. The summed E-state index contributed by atoms with van der Waals surface area (Å²) in [5, 5.41) is -0.220. The second-order valence-electron chi connectivity index (χ2n) is 4.23. The van der Waals surface area contributed by atoms with Crippen molar-refractivity contribution in [1.82, 2.24) is 9.97 Å². The molecule has 2 rings (SSSR count). The molecule has 0 amide bonds. The fourth-order valence-corrected chi connectivity index (χ4v) is 2.62. The molecule has 1 fully saturated rings. The summed E-state index contributed by atoms with van der Waals surface area (Å²) < 4.78 is 22.6. The lowest BCUT2D eigenvalue weighted by Crippen LogP contribution is -2.17. The van der Waals surface area contributed by atoms with Crippen molar-refractivity contribution >= 4 is 9.84 Å². The van der Waals surface area contributed by atoms with Crippen LogP contribution in [0.2, 0.25) is 0 Å². The summed E-state index contributed by atoms with van der Waals surface area (Å²) in [4.78, 5) is 17.7. The molecule has 0 bridgehead atoms. The molecular weight excluding hydrogens is 228 g/mol. The van der Waals surface area contributed by atoms with Crippen molar-refractivity contribution in [1.29, 1.82) is 0 Å². The molecule has 1 heterocycles. The van der Waals surface area contributed by atoms with Gasteiger partial charge in [0.1, 0.15) is 0 Å². The molecule has 1 aromatic heterocycles. The highest BCUT2D eigenvalue weighted by Crippen LogP contribution is 2.32. The van der Waals surface area contributed by atoms with Crippen LogP contribution in [0.15, 0.2) is 16.0 Å². The standard InChI is InChI=1S/C10H14N2O3S/c1-16(14,15)10-11-8(6-9(13)12-10)7-4-2-3-5-7/h6-7H,2-5H2,1H3,(H,11,12,13). The molecule has 1 N–H and O–H groups in total. The van der Waals surface area contributed by atoms with E-state index in [1.165, 1.54) is 6.07 Å². The largest absolute Gasteiger partial charge is 0.297 e. The van der Waals surface area contributed by atoms with E-state index in [2.05, 4.69) is 9.97 Å². The van der Waals surface area contributed by atoms with Crippen molar-refractivity contribution in [2.75, 3.05) is 6.26 Å². The van der Waals surface area contributed by atoms with Crippen molar-refractivity contribution in [3.05, 3.63) is 22.1 Å². The zero-order valence-electron chi connectivity index (χ0n) is 9.06. The van der Waals surface area contributed by atoms with Crippen molar-refractivity contribution in [2.45, 2.75) is 36.8 Å². The maximum atomic E-state index is 11.4. The summed E-state index contributed by atoms with van der Waals surface area (Å²) in [6.45, 7) is 0. The predicted molar refractivity (Wildman–Crippen MR) is 59.2 cm³/mol. The SMILES string of the molecule is CS(=O)(=O)c1nc(C2CCCC2)cc(=O)[nH]1. The Morgan fingerprint density at radius 3 is 2.56 bits per heavy atom. The first-order valence-electron chi connectivity index (χ1n) is 5.28. The first kappa shape index (κ1) is 11.3. The summed E-state index contributed by atoms with van der Waals surface area (Å²) in [5.41, 5.74) is 0.221. The van der Waals surface area contributed by atoms with Crippen LogP contribution in [0.5, 0.6) is 0 Å². The quantitative estimate of drug-likeness (QED) is 0.779. The number of aromatic amines is 1. The Morgan fingerprint density at radius 2 is 2.00 bits per heavy atom. The van der Waals surface area contributed by atoms with Gasteiger partial charge in [-0.15, -0.1) is 0 Å². The van der Waals surface area contributed by atoms with Crippen LogP contribution < -0.4 is 5.56 Å². The molecule has 1 aliphatic rings. The third kappa shape index (κ3) is 2.32.